The Bertz CT molecular complexity index is 636. The fourth-order valence-electron chi connectivity index (χ4n) is 1.56. The molecule has 1 unspecified atom stereocenters. The van der Waals surface area contributed by atoms with Crippen molar-refractivity contribution in [3.63, 3.8) is 0 Å². The van der Waals surface area contributed by atoms with Gasteiger partial charge in [-0.15, -0.1) is 11.3 Å². The highest BCUT2D eigenvalue weighted by Gasteiger charge is 2.16. The maximum absolute atomic E-state index is 10.4. The number of hydrogen-bond donors (Lipinski definition) is 1. The Labute approximate surface area is 123 Å². The van der Waals surface area contributed by atoms with Crippen molar-refractivity contribution in [1.29, 1.82) is 0 Å². The zero-order chi connectivity index (χ0) is 14.2. The fourth-order valence-corrected chi connectivity index (χ4v) is 3.16. The summed E-state index contributed by atoms with van der Waals surface area (Å²) in [7, 11) is 0. The summed E-state index contributed by atoms with van der Waals surface area (Å²) in [6, 6.07) is 3.35. The number of carboxylic acid groups (broad SMARTS) is 1. The van der Waals surface area contributed by atoms with Crippen molar-refractivity contribution in [3.05, 3.63) is 27.1 Å². The number of aliphatic hydroxyl groups is 1. The fraction of sp³-hybridized carbons (Fsp3) is 0.250. The van der Waals surface area contributed by atoms with Crippen LogP contribution in [0.25, 0.3) is 10.1 Å². The average Bonchev–Trinajstić information content (AvgIpc) is 2.76. The second kappa shape index (κ2) is 5.54. The van der Waals surface area contributed by atoms with Gasteiger partial charge >= 0.3 is 0 Å². The molecule has 0 aliphatic heterocycles. The van der Waals surface area contributed by atoms with Crippen molar-refractivity contribution in [2.75, 3.05) is 6.61 Å². The third-order valence-corrected chi connectivity index (χ3v) is 4.73. The van der Waals surface area contributed by atoms with Gasteiger partial charge < -0.3 is 19.7 Å². The number of aliphatic carboxylic acids is 1. The topological polar surface area (TPSA) is 69.6 Å². The van der Waals surface area contributed by atoms with Crippen LogP contribution in [-0.4, -0.2) is 17.7 Å². The van der Waals surface area contributed by atoms with E-state index in [0.717, 1.165) is 15.0 Å². The lowest BCUT2D eigenvalue weighted by Crippen LogP contribution is -2.29. The number of halogens is 2. The van der Waals surface area contributed by atoms with E-state index >= 15 is 0 Å². The first kappa shape index (κ1) is 14.4. The van der Waals surface area contributed by atoms with E-state index in [0.29, 0.717) is 0 Å². The van der Waals surface area contributed by atoms with Crippen molar-refractivity contribution in [3.8, 4) is 5.75 Å². The third kappa shape index (κ3) is 2.95. The molecule has 0 saturated heterocycles. The van der Waals surface area contributed by atoms with Gasteiger partial charge in [-0.05, 0) is 24.4 Å². The quantitative estimate of drug-likeness (QED) is 0.939. The van der Waals surface area contributed by atoms with Gasteiger partial charge in [-0.1, -0.05) is 23.2 Å². The van der Waals surface area contributed by atoms with Gasteiger partial charge in [-0.2, -0.15) is 0 Å². The highest BCUT2D eigenvalue weighted by atomic mass is 35.5. The number of thiophene rings is 1. The first-order chi connectivity index (χ1) is 8.90. The second-order valence-corrected chi connectivity index (χ2v) is 5.75. The van der Waals surface area contributed by atoms with Gasteiger partial charge in [-0.25, -0.2) is 0 Å². The van der Waals surface area contributed by atoms with Gasteiger partial charge in [0.2, 0.25) is 0 Å². The van der Waals surface area contributed by atoms with Crippen LogP contribution >= 0.6 is 34.5 Å². The molecule has 102 valence electrons. The Morgan fingerprint density at radius 3 is 2.74 bits per heavy atom. The summed E-state index contributed by atoms with van der Waals surface area (Å²) < 4.78 is 5.75. The minimum atomic E-state index is -1.35. The van der Waals surface area contributed by atoms with E-state index in [-0.39, 0.29) is 15.8 Å². The lowest BCUT2D eigenvalue weighted by Gasteiger charge is -2.10. The molecule has 0 spiro atoms. The van der Waals surface area contributed by atoms with E-state index in [1.165, 1.54) is 11.3 Å². The molecule has 0 aliphatic carbocycles. The van der Waals surface area contributed by atoms with Gasteiger partial charge in [0.15, 0.2) is 0 Å². The third-order valence-electron chi connectivity index (χ3n) is 2.43. The van der Waals surface area contributed by atoms with E-state index in [1.807, 2.05) is 0 Å². The molecule has 0 radical (unpaired) electrons. The normalized spacial score (nSPS) is 12.6. The predicted molar refractivity (Wildman–Crippen MR) is 73.0 cm³/mol. The Morgan fingerprint density at radius 1 is 1.47 bits per heavy atom. The van der Waals surface area contributed by atoms with E-state index in [2.05, 4.69) is 0 Å². The van der Waals surface area contributed by atoms with Crippen LogP contribution in [0.15, 0.2) is 12.1 Å². The monoisotopic (exact) mass is 319 g/mol. The molecular formula is C12H9Cl2O4S-. The molecule has 2 rings (SSSR count). The van der Waals surface area contributed by atoms with E-state index in [1.54, 1.807) is 19.1 Å². The van der Waals surface area contributed by atoms with Crippen LogP contribution in [0.5, 0.6) is 5.75 Å². The molecule has 0 saturated carbocycles. The van der Waals surface area contributed by atoms with Crippen molar-refractivity contribution >= 4 is 50.6 Å². The van der Waals surface area contributed by atoms with Crippen molar-refractivity contribution < 1.29 is 19.7 Å². The van der Waals surface area contributed by atoms with E-state index < -0.39 is 18.7 Å². The molecular weight excluding hydrogens is 311 g/mol. The van der Waals surface area contributed by atoms with Crippen LogP contribution in [-0.2, 0) is 4.79 Å². The molecule has 4 nitrogen and oxygen atoms in total. The number of carbonyl (C=O) groups is 1. The number of carbonyl (C=O) groups excluding carboxylic acids is 1. The lowest BCUT2D eigenvalue weighted by atomic mass is 10.2. The summed E-state index contributed by atoms with van der Waals surface area (Å²) in [6.07, 6.45) is -0.611. The van der Waals surface area contributed by atoms with Gasteiger partial charge in [0.05, 0.1) is 21.8 Å². The van der Waals surface area contributed by atoms with Crippen molar-refractivity contribution in [2.45, 2.75) is 13.0 Å². The Kier molecular flexibility index (Phi) is 4.20. The summed E-state index contributed by atoms with van der Waals surface area (Å²) in [5, 5.41) is 21.1. The van der Waals surface area contributed by atoms with Crippen LogP contribution in [0.2, 0.25) is 10.0 Å². The van der Waals surface area contributed by atoms with Gasteiger partial charge in [-0.3, -0.25) is 0 Å². The molecule has 1 heterocycles. The first-order valence-corrected chi connectivity index (χ1v) is 6.89. The molecule has 1 aromatic heterocycles. The zero-order valence-electron chi connectivity index (χ0n) is 9.78. The number of benzene rings is 1. The van der Waals surface area contributed by atoms with Crippen LogP contribution in [0, 0.1) is 0 Å². The number of fused-ring (bicyclic) bond motifs is 1. The molecule has 2 aromatic rings. The summed E-state index contributed by atoms with van der Waals surface area (Å²) in [5.74, 6) is -1.17. The Hall–Kier alpha value is -1.01. The summed E-state index contributed by atoms with van der Waals surface area (Å²) >= 11 is 13.5. The zero-order valence-corrected chi connectivity index (χ0v) is 12.1. The van der Waals surface area contributed by atoms with Gasteiger partial charge in [0.1, 0.15) is 17.4 Å². The second-order valence-electron chi connectivity index (χ2n) is 3.91. The maximum Gasteiger partial charge on any atom is 0.140 e. The summed E-state index contributed by atoms with van der Waals surface area (Å²) in [4.78, 5) is 11.1. The summed E-state index contributed by atoms with van der Waals surface area (Å²) in [6.45, 7) is 1.04. The molecule has 0 aliphatic rings. The lowest BCUT2D eigenvalue weighted by molar-refractivity contribution is -0.307. The van der Waals surface area contributed by atoms with Crippen molar-refractivity contribution in [2.24, 2.45) is 0 Å². The largest absolute Gasteiger partial charge is 0.546 e. The molecule has 19 heavy (non-hydrogen) atoms. The first-order valence-electron chi connectivity index (χ1n) is 5.32. The molecule has 1 aromatic carbocycles. The molecule has 0 bridgehead atoms. The number of hydrogen-bond acceptors (Lipinski definition) is 5. The van der Waals surface area contributed by atoms with Crippen LogP contribution in [0.4, 0.5) is 0 Å². The molecule has 1 atom stereocenters. The van der Waals surface area contributed by atoms with Crippen LogP contribution in [0.3, 0.4) is 0 Å². The molecule has 0 amide bonds. The van der Waals surface area contributed by atoms with Gasteiger partial charge in [0, 0.05) is 4.88 Å². The molecule has 0 fully saturated rings. The van der Waals surface area contributed by atoms with Crippen LogP contribution < -0.4 is 9.84 Å². The minimum Gasteiger partial charge on any atom is -0.546 e. The number of rotatable bonds is 4. The molecule has 7 heteroatoms. The SMILES string of the molecule is CC(O)c1cc2cc(OCC(=O)[O-])c(Cl)c(Cl)c2s1. The van der Waals surface area contributed by atoms with Gasteiger partial charge in [0.25, 0.3) is 0 Å². The predicted octanol–water partition coefficient (Wildman–Crippen LogP) is 2.39. The highest BCUT2D eigenvalue weighted by molar-refractivity contribution is 7.19. The average molecular weight is 320 g/mol. The number of aliphatic hydroxyl groups excluding tert-OH is 1. The number of ether oxygens (including phenoxy) is 1. The Balaban J connectivity index is 2.49. The molecule has 1 N–H and O–H groups in total. The Morgan fingerprint density at radius 2 is 2.16 bits per heavy atom. The highest BCUT2D eigenvalue weighted by Crippen LogP contribution is 2.43. The maximum atomic E-state index is 10.4. The van der Waals surface area contributed by atoms with E-state index in [9.17, 15) is 15.0 Å². The van der Waals surface area contributed by atoms with Crippen LogP contribution in [0.1, 0.15) is 17.9 Å². The van der Waals surface area contributed by atoms with E-state index in [4.69, 9.17) is 27.9 Å². The standard InChI is InChI=1S/C12H10Cl2O4S/c1-5(15)8-3-6-2-7(18-4-9(16)17)10(13)11(14)12(6)19-8/h2-3,5,15H,4H2,1H3,(H,16,17)/p-1. The summed E-state index contributed by atoms with van der Waals surface area (Å²) in [5.41, 5.74) is 0. The van der Waals surface area contributed by atoms with Crippen molar-refractivity contribution in [1.82, 2.24) is 0 Å². The number of carboxylic acids is 1. The minimum absolute atomic E-state index is 0.148. The smallest absolute Gasteiger partial charge is 0.140 e.